The van der Waals surface area contributed by atoms with Crippen molar-refractivity contribution < 1.29 is 33.9 Å². The molecule has 0 radical (unpaired) electrons. The molecule has 0 bridgehead atoms. The van der Waals surface area contributed by atoms with E-state index in [0.717, 1.165) is 0 Å². The summed E-state index contributed by atoms with van der Waals surface area (Å²) in [4.78, 5) is 0. The van der Waals surface area contributed by atoms with Gasteiger partial charge in [-0.25, -0.2) is 8.78 Å². The number of hydrogen-bond acceptors (Lipinski definition) is 5. The lowest BCUT2D eigenvalue weighted by atomic mass is 9.98. The third-order valence-electron chi connectivity index (χ3n) is 1.91. The van der Waals surface area contributed by atoms with Gasteiger partial charge < -0.3 is 25.2 Å². The van der Waals surface area contributed by atoms with Crippen LogP contribution in [0, 0.1) is 0 Å². The second-order valence-corrected chi connectivity index (χ2v) is 2.84. The van der Waals surface area contributed by atoms with Gasteiger partial charge >= 0.3 is 0 Å². The van der Waals surface area contributed by atoms with Gasteiger partial charge in [-0.2, -0.15) is 0 Å². The molecule has 0 aromatic rings. The molecule has 13 heavy (non-hydrogen) atoms. The van der Waals surface area contributed by atoms with E-state index in [1.54, 1.807) is 0 Å². The van der Waals surface area contributed by atoms with Gasteiger partial charge in [0.25, 0.3) is 5.85 Å². The molecule has 0 spiro atoms. The molecule has 5 nitrogen and oxygen atoms in total. The second-order valence-electron chi connectivity index (χ2n) is 2.84. The number of aliphatic hydroxyl groups is 4. The molecule has 0 aliphatic carbocycles. The molecule has 1 fully saturated rings. The van der Waals surface area contributed by atoms with Crippen molar-refractivity contribution in [3.63, 3.8) is 0 Å². The third-order valence-corrected chi connectivity index (χ3v) is 1.91. The van der Waals surface area contributed by atoms with Crippen LogP contribution in [0.2, 0.25) is 0 Å². The van der Waals surface area contributed by atoms with Crippen molar-refractivity contribution in [3.05, 3.63) is 0 Å². The van der Waals surface area contributed by atoms with Crippen molar-refractivity contribution in [2.75, 3.05) is 6.61 Å². The van der Waals surface area contributed by atoms with Crippen molar-refractivity contribution in [2.24, 2.45) is 0 Å². The molecule has 0 saturated carbocycles. The van der Waals surface area contributed by atoms with E-state index in [4.69, 9.17) is 20.4 Å². The van der Waals surface area contributed by atoms with Gasteiger partial charge in [-0.3, -0.25) is 0 Å². The van der Waals surface area contributed by atoms with E-state index in [-0.39, 0.29) is 0 Å². The van der Waals surface area contributed by atoms with Gasteiger partial charge in [-0.15, -0.1) is 0 Å². The van der Waals surface area contributed by atoms with E-state index < -0.39 is 37.1 Å². The van der Waals surface area contributed by atoms with Crippen molar-refractivity contribution in [1.82, 2.24) is 0 Å². The maximum atomic E-state index is 13.1. The van der Waals surface area contributed by atoms with Crippen LogP contribution in [0.3, 0.4) is 0 Å². The highest BCUT2D eigenvalue weighted by molar-refractivity contribution is 4.93. The fourth-order valence-corrected chi connectivity index (χ4v) is 1.05. The average Bonchev–Trinajstić information content (AvgIpc) is 2.12. The Morgan fingerprint density at radius 1 is 1.23 bits per heavy atom. The van der Waals surface area contributed by atoms with Crippen LogP contribution >= 0.6 is 0 Å². The van der Waals surface area contributed by atoms with E-state index in [0.29, 0.717) is 0 Å². The fraction of sp³-hybridized carbons (Fsp3) is 1.00. The van der Waals surface area contributed by atoms with Crippen molar-refractivity contribution in [1.29, 1.82) is 0 Å². The van der Waals surface area contributed by atoms with E-state index in [9.17, 15) is 8.78 Å². The number of alkyl halides is 2. The molecule has 1 rings (SSSR count). The Morgan fingerprint density at radius 2 is 1.77 bits per heavy atom. The first kappa shape index (κ1) is 10.7. The van der Waals surface area contributed by atoms with Gasteiger partial charge in [0.2, 0.25) is 6.36 Å². The summed E-state index contributed by atoms with van der Waals surface area (Å²) in [5.41, 5.74) is 0. The summed E-state index contributed by atoms with van der Waals surface area (Å²) in [7, 11) is 0. The predicted octanol–water partition coefficient (Wildman–Crippen LogP) is -1.95. The number of halogens is 2. The van der Waals surface area contributed by atoms with E-state index in [1.807, 2.05) is 0 Å². The molecule has 0 aromatic carbocycles. The summed E-state index contributed by atoms with van der Waals surface area (Å²) >= 11 is 0. The van der Waals surface area contributed by atoms with Crippen molar-refractivity contribution in [3.8, 4) is 0 Å². The minimum Gasteiger partial charge on any atom is -0.390 e. The molecule has 78 valence electrons. The first-order valence-corrected chi connectivity index (χ1v) is 3.58. The molecule has 4 N–H and O–H groups in total. The normalized spacial score (nSPS) is 52.2. The summed E-state index contributed by atoms with van der Waals surface area (Å²) in [6, 6.07) is 0. The van der Waals surface area contributed by atoms with Crippen LogP contribution in [0.1, 0.15) is 0 Å². The molecule has 0 aromatic heterocycles. The Morgan fingerprint density at radius 3 is 2.23 bits per heavy atom. The Hall–Kier alpha value is -0.340. The van der Waals surface area contributed by atoms with Gasteiger partial charge in [0.15, 0.2) is 0 Å². The zero-order chi connectivity index (χ0) is 10.2. The van der Waals surface area contributed by atoms with Crippen LogP contribution in [0.25, 0.3) is 0 Å². The van der Waals surface area contributed by atoms with Crippen LogP contribution in [0.4, 0.5) is 8.78 Å². The molecule has 0 unspecified atom stereocenters. The minimum atomic E-state index is -3.07. The highest BCUT2D eigenvalue weighted by Gasteiger charge is 2.54. The van der Waals surface area contributed by atoms with Crippen molar-refractivity contribution in [2.45, 2.75) is 30.5 Å². The summed E-state index contributed by atoms with van der Waals surface area (Å²) in [5, 5.41) is 35.1. The highest BCUT2D eigenvalue weighted by atomic mass is 19.2. The molecule has 0 amide bonds. The Balaban J connectivity index is 2.82. The monoisotopic (exact) mass is 200 g/mol. The number of aliphatic hydroxyl groups excluding tert-OH is 4. The summed E-state index contributed by atoms with van der Waals surface area (Å²) in [6.45, 7) is -1.31. The summed E-state index contributed by atoms with van der Waals surface area (Å²) in [6.07, 6.45) is -8.71. The molecular weight excluding hydrogens is 190 g/mol. The second kappa shape index (κ2) is 3.43. The van der Waals surface area contributed by atoms with Gasteiger partial charge in [-0.1, -0.05) is 0 Å². The predicted molar refractivity (Wildman–Crippen MR) is 34.9 cm³/mol. The number of ether oxygens (including phenoxy) is 1. The van der Waals surface area contributed by atoms with Crippen LogP contribution in [0.15, 0.2) is 0 Å². The van der Waals surface area contributed by atoms with Gasteiger partial charge in [-0.05, 0) is 0 Å². The van der Waals surface area contributed by atoms with Gasteiger partial charge in [0, 0.05) is 0 Å². The largest absolute Gasteiger partial charge is 0.390 e. The van der Waals surface area contributed by atoms with Gasteiger partial charge in [0.05, 0.1) is 0 Å². The minimum absolute atomic E-state index is 1.31. The Kier molecular flexibility index (Phi) is 2.83. The first-order chi connectivity index (χ1) is 5.92. The lowest BCUT2D eigenvalue weighted by Crippen LogP contribution is -2.62. The van der Waals surface area contributed by atoms with Gasteiger partial charge in [0.1, 0.15) is 24.9 Å². The molecule has 1 aliphatic heterocycles. The molecule has 1 heterocycles. The molecule has 1 saturated heterocycles. The zero-order valence-corrected chi connectivity index (χ0v) is 6.47. The maximum absolute atomic E-state index is 13.1. The maximum Gasteiger partial charge on any atom is 0.263 e. The molecule has 5 atom stereocenters. The Labute approximate surface area is 72.2 Å². The van der Waals surface area contributed by atoms with E-state index in [1.165, 1.54) is 0 Å². The smallest absolute Gasteiger partial charge is 0.263 e. The molecule has 7 heteroatoms. The third kappa shape index (κ3) is 1.65. The quantitative estimate of drug-likeness (QED) is 0.395. The Bertz CT molecular complexity index is 192. The van der Waals surface area contributed by atoms with Crippen LogP contribution < -0.4 is 0 Å². The van der Waals surface area contributed by atoms with Crippen LogP contribution in [-0.2, 0) is 4.74 Å². The lowest BCUT2D eigenvalue weighted by Gasteiger charge is -2.40. The topological polar surface area (TPSA) is 90.2 Å². The molecule has 1 aliphatic rings. The average molecular weight is 200 g/mol. The van der Waals surface area contributed by atoms with Crippen molar-refractivity contribution >= 4 is 0 Å². The standard InChI is InChI=1S/C6H10F2O5/c7-5-3(11)2(10)4(12)6(8,1-9)13-5/h2-5,9-12H,1H2/t2-,3-,4-,5+,6-/m1/s1. The highest BCUT2D eigenvalue weighted by Crippen LogP contribution is 2.31. The summed E-state index contributed by atoms with van der Waals surface area (Å²) in [5.74, 6) is -3.07. The lowest BCUT2D eigenvalue weighted by molar-refractivity contribution is -0.349. The molecular formula is C6H10F2O5. The van der Waals surface area contributed by atoms with Crippen LogP contribution in [-0.4, -0.2) is 57.6 Å². The number of hydrogen-bond donors (Lipinski definition) is 4. The zero-order valence-electron chi connectivity index (χ0n) is 6.47. The number of rotatable bonds is 1. The SMILES string of the molecule is OC[C@@]1(F)O[C@H](F)[C@H](O)[C@@H](O)[C@H]1O. The first-order valence-electron chi connectivity index (χ1n) is 3.58. The van der Waals surface area contributed by atoms with E-state index in [2.05, 4.69) is 4.74 Å². The summed E-state index contributed by atoms with van der Waals surface area (Å²) < 4.78 is 29.6. The van der Waals surface area contributed by atoms with E-state index >= 15 is 0 Å². The fourth-order valence-electron chi connectivity index (χ4n) is 1.05. The van der Waals surface area contributed by atoms with Crippen LogP contribution in [0.5, 0.6) is 0 Å².